The maximum Gasteiger partial charge on any atom is 0.242 e. The summed E-state index contributed by atoms with van der Waals surface area (Å²) in [5, 5.41) is 3.53. The summed E-state index contributed by atoms with van der Waals surface area (Å²) in [5.74, 6) is -0.856. The van der Waals surface area contributed by atoms with E-state index < -0.39 is 6.04 Å². The third-order valence-corrected chi connectivity index (χ3v) is 4.86. The van der Waals surface area contributed by atoms with Gasteiger partial charge in [-0.25, -0.2) is 4.39 Å². The molecule has 2 aromatic carbocycles. The number of likely N-dealkylation sites (N-methyl/N-ethyl adjacent to an activating group) is 1. The van der Waals surface area contributed by atoms with Gasteiger partial charge in [0.15, 0.2) is 0 Å². The molecule has 0 aliphatic carbocycles. The van der Waals surface area contributed by atoms with E-state index in [1.54, 1.807) is 37.3 Å². The molecule has 1 atom stereocenters. The topological polar surface area (TPSA) is 49.4 Å². The van der Waals surface area contributed by atoms with Crippen molar-refractivity contribution in [2.45, 2.75) is 32.9 Å². The minimum absolute atomic E-state index is 0.0609. The molecule has 4 nitrogen and oxygen atoms in total. The molecule has 144 valence electrons. The Morgan fingerprint density at radius 2 is 1.70 bits per heavy atom. The van der Waals surface area contributed by atoms with Crippen molar-refractivity contribution < 1.29 is 14.0 Å². The summed E-state index contributed by atoms with van der Waals surface area (Å²) < 4.78 is 13.1. The van der Waals surface area contributed by atoms with Crippen LogP contribution in [0.15, 0.2) is 42.5 Å². The van der Waals surface area contributed by atoms with Crippen molar-refractivity contribution in [1.82, 2.24) is 10.2 Å². The van der Waals surface area contributed by atoms with E-state index in [9.17, 15) is 14.0 Å². The van der Waals surface area contributed by atoms with Crippen LogP contribution in [0.4, 0.5) is 4.39 Å². The Morgan fingerprint density at radius 1 is 1.07 bits per heavy atom. The zero-order valence-corrected chi connectivity index (χ0v) is 16.6. The molecule has 7 heteroatoms. The Labute approximate surface area is 168 Å². The lowest BCUT2D eigenvalue weighted by molar-refractivity contribution is -0.140. The van der Waals surface area contributed by atoms with Crippen LogP contribution < -0.4 is 5.32 Å². The normalized spacial score (nSPS) is 11.7. The molecule has 2 aromatic rings. The third kappa shape index (κ3) is 5.94. The highest BCUT2D eigenvalue weighted by Gasteiger charge is 2.26. The van der Waals surface area contributed by atoms with Gasteiger partial charge in [0.05, 0.1) is 16.5 Å². The van der Waals surface area contributed by atoms with Gasteiger partial charge >= 0.3 is 0 Å². The molecule has 0 aliphatic heterocycles. The summed E-state index contributed by atoms with van der Waals surface area (Å²) in [7, 11) is 0. The molecule has 0 aromatic heterocycles. The number of nitrogens with zero attached hydrogens (tertiary/aromatic N) is 1. The van der Waals surface area contributed by atoms with E-state index in [0.717, 1.165) is 5.56 Å². The van der Waals surface area contributed by atoms with Crippen LogP contribution in [0.2, 0.25) is 10.0 Å². The second-order valence-corrected chi connectivity index (χ2v) is 6.96. The fourth-order valence-electron chi connectivity index (χ4n) is 2.62. The predicted octanol–water partition coefficient (Wildman–Crippen LogP) is 4.23. The number of halogens is 3. The number of hydrogen-bond donors (Lipinski definition) is 1. The zero-order valence-electron chi connectivity index (χ0n) is 15.1. The second kappa shape index (κ2) is 9.72. The van der Waals surface area contributed by atoms with Gasteiger partial charge in [-0.05, 0) is 49.2 Å². The van der Waals surface area contributed by atoms with Crippen LogP contribution in [0.25, 0.3) is 0 Å². The first-order chi connectivity index (χ1) is 12.8. The monoisotopic (exact) mass is 410 g/mol. The Bertz CT molecular complexity index is 812. The van der Waals surface area contributed by atoms with E-state index in [2.05, 4.69) is 5.32 Å². The number of rotatable bonds is 7. The van der Waals surface area contributed by atoms with Crippen LogP contribution in [0.5, 0.6) is 0 Å². The van der Waals surface area contributed by atoms with Crippen molar-refractivity contribution >= 4 is 35.0 Å². The average molecular weight is 411 g/mol. The van der Waals surface area contributed by atoms with Gasteiger partial charge < -0.3 is 10.2 Å². The molecular formula is C20H21Cl2FN2O2. The first-order valence-corrected chi connectivity index (χ1v) is 9.33. The Kier molecular flexibility index (Phi) is 7.63. The molecule has 0 radical (unpaired) electrons. The van der Waals surface area contributed by atoms with Gasteiger partial charge in [-0.15, -0.1) is 0 Å². The molecule has 1 N–H and O–H groups in total. The first kappa shape index (κ1) is 21.2. The summed E-state index contributed by atoms with van der Waals surface area (Å²) in [6.45, 7) is 4.16. The Hall–Kier alpha value is -2.11. The van der Waals surface area contributed by atoms with Crippen LogP contribution in [0.3, 0.4) is 0 Å². The van der Waals surface area contributed by atoms with Crippen molar-refractivity contribution in [2.75, 3.05) is 6.54 Å². The van der Waals surface area contributed by atoms with Crippen molar-refractivity contribution in [3.63, 3.8) is 0 Å². The summed E-state index contributed by atoms with van der Waals surface area (Å²) in [4.78, 5) is 26.7. The molecule has 0 heterocycles. The van der Waals surface area contributed by atoms with E-state index >= 15 is 0 Å². The summed E-state index contributed by atoms with van der Waals surface area (Å²) in [6, 6.07) is 10.1. The maximum atomic E-state index is 13.1. The SMILES string of the molecule is CCNC(=O)[C@@H](C)N(Cc1ccc(Cl)c(Cl)c1)C(=O)Cc1ccc(F)cc1. The molecule has 0 fully saturated rings. The molecule has 0 spiro atoms. The standard InChI is InChI=1S/C20H21Cl2FN2O2/c1-3-24-20(27)13(2)25(12-15-6-9-17(21)18(22)10-15)19(26)11-14-4-7-16(23)8-5-14/h4-10,13H,3,11-12H2,1-2H3,(H,24,27)/t13-/m1/s1. The smallest absolute Gasteiger partial charge is 0.242 e. The fraction of sp³-hybridized carbons (Fsp3) is 0.300. The summed E-state index contributed by atoms with van der Waals surface area (Å²) in [6.07, 6.45) is 0.0609. The molecule has 2 rings (SSSR count). The summed E-state index contributed by atoms with van der Waals surface area (Å²) >= 11 is 12.0. The van der Waals surface area contributed by atoms with Crippen LogP contribution in [0, 0.1) is 5.82 Å². The van der Waals surface area contributed by atoms with Gasteiger partial charge in [-0.1, -0.05) is 41.4 Å². The lowest BCUT2D eigenvalue weighted by atomic mass is 10.1. The average Bonchev–Trinajstić information content (AvgIpc) is 2.64. The van der Waals surface area contributed by atoms with Crippen molar-refractivity contribution in [1.29, 1.82) is 0 Å². The molecule has 0 aliphatic rings. The largest absolute Gasteiger partial charge is 0.355 e. The van der Waals surface area contributed by atoms with Crippen LogP contribution in [0.1, 0.15) is 25.0 Å². The van der Waals surface area contributed by atoms with Gasteiger partial charge in [0, 0.05) is 13.1 Å². The van der Waals surface area contributed by atoms with E-state index in [4.69, 9.17) is 23.2 Å². The Morgan fingerprint density at radius 3 is 2.30 bits per heavy atom. The van der Waals surface area contributed by atoms with Gasteiger partial charge in [-0.3, -0.25) is 9.59 Å². The number of carbonyl (C=O) groups excluding carboxylic acids is 2. The van der Waals surface area contributed by atoms with Crippen LogP contribution in [-0.2, 0) is 22.6 Å². The molecule has 0 saturated heterocycles. The highest BCUT2D eigenvalue weighted by Crippen LogP contribution is 2.24. The maximum absolute atomic E-state index is 13.1. The van der Waals surface area contributed by atoms with Crippen LogP contribution in [-0.4, -0.2) is 29.3 Å². The quantitative estimate of drug-likeness (QED) is 0.742. The summed E-state index contributed by atoms with van der Waals surface area (Å²) in [5.41, 5.74) is 1.43. The second-order valence-electron chi connectivity index (χ2n) is 6.14. The molecule has 2 amide bonds. The lowest BCUT2D eigenvalue weighted by Gasteiger charge is -2.29. The molecule has 27 heavy (non-hydrogen) atoms. The van der Waals surface area contributed by atoms with E-state index in [1.165, 1.54) is 17.0 Å². The van der Waals surface area contributed by atoms with Crippen molar-refractivity contribution in [2.24, 2.45) is 0 Å². The minimum atomic E-state index is -0.674. The van der Waals surface area contributed by atoms with Gasteiger partial charge in [0.1, 0.15) is 11.9 Å². The predicted molar refractivity (Wildman–Crippen MR) is 105 cm³/mol. The van der Waals surface area contributed by atoms with Gasteiger partial charge in [-0.2, -0.15) is 0 Å². The number of benzene rings is 2. The molecular weight excluding hydrogens is 390 g/mol. The molecule has 0 bridgehead atoms. The first-order valence-electron chi connectivity index (χ1n) is 8.57. The molecule has 0 saturated carbocycles. The van der Waals surface area contributed by atoms with E-state index in [1.807, 2.05) is 6.92 Å². The zero-order chi connectivity index (χ0) is 20.0. The van der Waals surface area contributed by atoms with Crippen LogP contribution >= 0.6 is 23.2 Å². The number of amides is 2. The number of carbonyl (C=O) groups is 2. The fourth-order valence-corrected chi connectivity index (χ4v) is 2.94. The number of nitrogens with one attached hydrogen (secondary N) is 1. The Balaban J connectivity index is 2.24. The molecule has 0 unspecified atom stereocenters. The third-order valence-electron chi connectivity index (χ3n) is 4.12. The van der Waals surface area contributed by atoms with Crippen molar-refractivity contribution in [3.8, 4) is 0 Å². The van der Waals surface area contributed by atoms with Gasteiger partial charge in [0.25, 0.3) is 0 Å². The lowest BCUT2D eigenvalue weighted by Crippen LogP contribution is -2.48. The number of hydrogen-bond acceptors (Lipinski definition) is 2. The minimum Gasteiger partial charge on any atom is -0.355 e. The van der Waals surface area contributed by atoms with Gasteiger partial charge in [0.2, 0.25) is 11.8 Å². The highest BCUT2D eigenvalue weighted by atomic mass is 35.5. The van der Waals surface area contributed by atoms with Crippen molar-refractivity contribution in [3.05, 3.63) is 69.5 Å². The van der Waals surface area contributed by atoms with E-state index in [0.29, 0.717) is 22.2 Å². The van der Waals surface area contributed by atoms with E-state index in [-0.39, 0.29) is 30.6 Å². The highest BCUT2D eigenvalue weighted by molar-refractivity contribution is 6.42.